The van der Waals surface area contributed by atoms with Crippen LogP contribution in [0.3, 0.4) is 0 Å². The Morgan fingerprint density at radius 3 is 0.768 bits per heavy atom. The van der Waals surface area contributed by atoms with Crippen molar-refractivity contribution in [1.29, 1.82) is 0 Å². The number of hydrogen-bond donors (Lipinski definition) is 0. The topological polar surface area (TPSA) is 394 Å². The molecular formula is C64H112O30Sn5. The molecule has 99 heavy (non-hydrogen) atoms. The Morgan fingerprint density at radius 2 is 0.586 bits per heavy atom. The van der Waals surface area contributed by atoms with E-state index in [1.807, 2.05) is 34.6 Å². The zero-order valence-corrected chi connectivity index (χ0v) is 77.1. The summed E-state index contributed by atoms with van der Waals surface area (Å²) in [5.41, 5.74) is -0.299. The molecule has 0 aliphatic carbocycles. The maximum atomic E-state index is 12.0. The molecule has 0 radical (unpaired) electrons. The maximum absolute atomic E-state index is 12.0. The van der Waals surface area contributed by atoms with E-state index in [1.165, 1.54) is 20.8 Å². The van der Waals surface area contributed by atoms with Crippen molar-refractivity contribution < 1.29 is 118 Å². The Hall–Kier alpha value is -4.74. The minimum atomic E-state index is -4.76. The molecular weight excluding hydrogens is 1840 g/mol. The number of unbranched alkanes of at least 4 members (excludes halogenated alkanes) is 1. The SMILES string of the molecule is C=CC(=O)[O][Sn]([O]C(=O)C=C)([O]C(=O)C=C)[CH](C)C.CC(C)C(=O)[O][Sn]([O]C(=O)C(C)C)([O]C(=O)C(C)C)[CH](C)C.CCC(=O)[O][Sn]([CH2]C(C)(C)C)([O]C(=O)CC)[O]C(=O)CC.CCC(=O)[O][Sn]([O]C(=O)CC)([O]C(=O)CC)[CH](C)CC.CCC[CH2][Sn]([O]C(C)=O)([O]C(C)=O)[O]C(C)=O. The van der Waals surface area contributed by atoms with Crippen LogP contribution in [0.25, 0.3) is 0 Å². The summed E-state index contributed by atoms with van der Waals surface area (Å²) in [6.45, 7) is 51.3. The van der Waals surface area contributed by atoms with Crippen LogP contribution >= 0.6 is 0 Å². The predicted octanol–water partition coefficient (Wildman–Crippen LogP) is 11.3. The van der Waals surface area contributed by atoms with E-state index in [2.05, 4.69) is 19.7 Å². The molecule has 0 rings (SSSR count). The van der Waals surface area contributed by atoms with Crippen LogP contribution in [0.5, 0.6) is 0 Å². The first-order valence-electron chi connectivity index (χ1n) is 32.6. The molecule has 0 aromatic heterocycles. The van der Waals surface area contributed by atoms with Crippen molar-refractivity contribution in [3.63, 3.8) is 0 Å². The van der Waals surface area contributed by atoms with Crippen molar-refractivity contribution in [2.45, 2.75) is 252 Å². The summed E-state index contributed by atoms with van der Waals surface area (Å²) in [6, 6.07) is 0. The second kappa shape index (κ2) is 52.3. The molecule has 0 saturated heterocycles. The van der Waals surface area contributed by atoms with Gasteiger partial charge in [0.1, 0.15) is 0 Å². The summed E-state index contributed by atoms with van der Waals surface area (Å²) in [6.07, 6.45) is 5.62. The standard InChI is InChI=1S/C5H11.3C4H8O2.2C4H9.6C3H6O2.3C3H4O2.2C3H7.3C2H4O2.5Sn/c1-5(2,3)4;3*1-3(2)4(5)6;2*1-3-4-2;9*1-2-3(4)5;2*1-3-2;3*1-2(3)4;;;;;/h1H2,2-4H3;3*3H,1-2H3,(H,5,6);3H,4H2,1-2H3;1,3-4H2,2H3;6*2H2,1H3,(H,4,5);3*2H,1H2,(H,4,5);2*3H,1-2H3;3*1H3,(H,3,4);;;;;/q;;;;;;;;;;;;;;;;;;;;5*+3/p-15. The zero-order chi connectivity index (χ0) is 78.6. The van der Waals surface area contributed by atoms with Gasteiger partial charge >= 0.3 is 618 Å². The fraction of sp³-hybridized carbons (Fsp3) is 0.672. The summed E-state index contributed by atoms with van der Waals surface area (Å²) >= 11 is -23.0. The molecule has 0 heterocycles. The first-order valence-corrected chi connectivity index (χ1v) is 59.1. The Morgan fingerprint density at radius 1 is 0.343 bits per heavy atom. The van der Waals surface area contributed by atoms with E-state index in [-0.39, 0.29) is 56.2 Å². The fourth-order valence-electron chi connectivity index (χ4n) is 6.28. The van der Waals surface area contributed by atoms with E-state index >= 15 is 0 Å². The Bertz CT molecular complexity index is 2460. The van der Waals surface area contributed by atoms with Crippen LogP contribution in [0.4, 0.5) is 0 Å². The molecule has 1 atom stereocenters. The summed E-state index contributed by atoms with van der Waals surface area (Å²) in [5.74, 6) is -10.0. The molecule has 0 saturated carbocycles. The molecule has 568 valence electrons. The van der Waals surface area contributed by atoms with Gasteiger partial charge < -0.3 is 0 Å². The molecule has 35 heteroatoms. The van der Waals surface area contributed by atoms with Crippen LogP contribution in [-0.4, -0.2) is 188 Å². The third-order valence-corrected chi connectivity index (χ3v) is 53.9. The van der Waals surface area contributed by atoms with Gasteiger partial charge in [0.25, 0.3) is 0 Å². The molecule has 0 aromatic rings. The molecule has 0 amide bonds. The van der Waals surface area contributed by atoms with Gasteiger partial charge in [-0.15, -0.1) is 0 Å². The zero-order valence-electron chi connectivity index (χ0n) is 62.8. The minimum absolute atomic E-state index is 0.135. The number of carbonyl (C=O) groups is 15. The van der Waals surface area contributed by atoms with Crippen LogP contribution in [0.15, 0.2) is 38.0 Å². The monoisotopic (exact) mass is 1960 g/mol. The molecule has 0 aliphatic rings. The van der Waals surface area contributed by atoms with E-state index in [4.69, 9.17) is 46.1 Å². The predicted molar refractivity (Wildman–Crippen MR) is 368 cm³/mol. The summed E-state index contributed by atoms with van der Waals surface area (Å²) < 4.78 is 78.6. The van der Waals surface area contributed by atoms with Gasteiger partial charge in [-0.1, -0.05) is 0 Å². The quantitative estimate of drug-likeness (QED) is 0.0420. The van der Waals surface area contributed by atoms with E-state index in [9.17, 15) is 71.9 Å². The first kappa shape index (κ1) is 103. The average Bonchev–Trinajstić information content (AvgIpc) is 0.855. The van der Waals surface area contributed by atoms with Crippen LogP contribution in [-0.2, 0) is 118 Å². The fourth-order valence-corrected chi connectivity index (χ4v) is 42.1. The van der Waals surface area contributed by atoms with Crippen molar-refractivity contribution in [3.05, 3.63) is 38.0 Å². The molecule has 30 nitrogen and oxygen atoms in total. The molecule has 0 aliphatic heterocycles. The van der Waals surface area contributed by atoms with Crippen molar-refractivity contribution in [1.82, 2.24) is 0 Å². The van der Waals surface area contributed by atoms with Crippen molar-refractivity contribution in [2.75, 3.05) is 0 Å². The Kier molecular flexibility index (Phi) is 54.3. The normalized spacial score (nSPS) is 11.5. The summed E-state index contributed by atoms with van der Waals surface area (Å²) in [7, 11) is 0. The van der Waals surface area contributed by atoms with Crippen molar-refractivity contribution in [3.8, 4) is 0 Å². The summed E-state index contributed by atoms with van der Waals surface area (Å²) in [5, 5.41) is 0. The Balaban J connectivity index is -0.000000373. The molecule has 0 N–H and O–H groups in total. The van der Waals surface area contributed by atoms with Gasteiger partial charge in [0.15, 0.2) is 0 Å². The molecule has 0 spiro atoms. The van der Waals surface area contributed by atoms with Crippen LogP contribution in [0.1, 0.15) is 231 Å². The number of rotatable bonds is 35. The number of hydrogen-bond acceptors (Lipinski definition) is 30. The van der Waals surface area contributed by atoms with Gasteiger partial charge in [-0.25, -0.2) is 0 Å². The number of carbonyl (C=O) groups excluding carboxylic acids is 15. The molecule has 1 unspecified atom stereocenters. The average molecular weight is 1960 g/mol. The van der Waals surface area contributed by atoms with Gasteiger partial charge in [0.05, 0.1) is 0 Å². The van der Waals surface area contributed by atoms with E-state index in [0.29, 0.717) is 17.3 Å². The van der Waals surface area contributed by atoms with Gasteiger partial charge in [0, 0.05) is 0 Å². The van der Waals surface area contributed by atoms with E-state index < -0.39 is 209 Å². The first-order chi connectivity index (χ1) is 45.5. The van der Waals surface area contributed by atoms with E-state index in [0.717, 1.165) is 24.6 Å². The van der Waals surface area contributed by atoms with Gasteiger partial charge in [-0.05, 0) is 0 Å². The molecule has 0 aromatic carbocycles. The Labute approximate surface area is 612 Å². The van der Waals surface area contributed by atoms with Crippen molar-refractivity contribution >= 4 is 188 Å². The van der Waals surface area contributed by atoms with Gasteiger partial charge in [0.2, 0.25) is 0 Å². The molecule has 0 fully saturated rings. The third-order valence-electron chi connectivity index (χ3n) is 11.8. The van der Waals surface area contributed by atoms with Crippen molar-refractivity contribution in [2.24, 2.45) is 23.2 Å². The third kappa shape index (κ3) is 45.1. The van der Waals surface area contributed by atoms with E-state index in [1.54, 1.807) is 118 Å². The second-order valence-corrected chi connectivity index (χ2v) is 62.7. The van der Waals surface area contributed by atoms with Crippen LogP contribution < -0.4 is 0 Å². The van der Waals surface area contributed by atoms with Gasteiger partial charge in [-0.2, -0.15) is 0 Å². The van der Waals surface area contributed by atoms with Gasteiger partial charge in [-0.3, -0.25) is 0 Å². The molecule has 0 bridgehead atoms. The van der Waals surface area contributed by atoms with Crippen LogP contribution in [0.2, 0.25) is 20.7 Å². The second-order valence-electron chi connectivity index (χ2n) is 24.0. The van der Waals surface area contributed by atoms with Crippen LogP contribution in [0, 0.1) is 23.2 Å². The summed E-state index contributed by atoms with van der Waals surface area (Å²) in [4.78, 5) is 173.